The highest BCUT2D eigenvalue weighted by Gasteiger charge is 2.16. The average molecular weight is 272 g/mol. The maximum atomic E-state index is 12.1. The lowest BCUT2D eigenvalue weighted by molar-refractivity contribution is 0.0916. The number of aliphatic hydroxyl groups is 1. The zero-order valence-electron chi connectivity index (χ0n) is 10.8. The van der Waals surface area contributed by atoms with Crippen LogP contribution >= 0.6 is 0 Å². The SMILES string of the molecule is Nc1ccc(O)cc1C(=O)N[C@@H](CO)c1ccccc1. The van der Waals surface area contributed by atoms with E-state index in [0.717, 1.165) is 5.56 Å². The molecular weight excluding hydrogens is 256 g/mol. The molecule has 0 saturated carbocycles. The predicted molar refractivity (Wildman–Crippen MR) is 76.3 cm³/mol. The second kappa shape index (κ2) is 6.08. The zero-order chi connectivity index (χ0) is 14.5. The third kappa shape index (κ3) is 3.07. The molecule has 0 aliphatic rings. The number of nitrogens with two attached hydrogens (primary N) is 1. The van der Waals surface area contributed by atoms with Gasteiger partial charge >= 0.3 is 0 Å². The normalized spacial score (nSPS) is 11.8. The molecule has 0 fully saturated rings. The van der Waals surface area contributed by atoms with Gasteiger partial charge in [-0.05, 0) is 23.8 Å². The Morgan fingerprint density at radius 1 is 1.20 bits per heavy atom. The lowest BCUT2D eigenvalue weighted by Gasteiger charge is -2.17. The van der Waals surface area contributed by atoms with Gasteiger partial charge in [0.1, 0.15) is 5.75 Å². The number of amides is 1. The van der Waals surface area contributed by atoms with Crippen LogP contribution in [0.4, 0.5) is 5.69 Å². The molecular formula is C15H16N2O3. The number of nitrogens with one attached hydrogen (secondary N) is 1. The molecule has 5 heteroatoms. The first-order chi connectivity index (χ1) is 9.61. The molecule has 104 valence electrons. The number of carbonyl (C=O) groups is 1. The summed E-state index contributed by atoms with van der Waals surface area (Å²) in [4.78, 5) is 12.1. The molecule has 1 atom stereocenters. The number of carbonyl (C=O) groups excluding carboxylic acids is 1. The van der Waals surface area contributed by atoms with E-state index in [9.17, 15) is 15.0 Å². The number of aromatic hydroxyl groups is 1. The maximum Gasteiger partial charge on any atom is 0.254 e. The van der Waals surface area contributed by atoms with Gasteiger partial charge in [-0.1, -0.05) is 30.3 Å². The Balaban J connectivity index is 2.20. The van der Waals surface area contributed by atoms with Crippen molar-refractivity contribution in [3.05, 3.63) is 59.7 Å². The van der Waals surface area contributed by atoms with E-state index in [4.69, 9.17) is 5.73 Å². The molecule has 20 heavy (non-hydrogen) atoms. The molecule has 2 aromatic rings. The summed E-state index contributed by atoms with van der Waals surface area (Å²) in [7, 11) is 0. The minimum absolute atomic E-state index is 0.0374. The minimum atomic E-state index is -0.523. The number of hydrogen-bond acceptors (Lipinski definition) is 4. The lowest BCUT2D eigenvalue weighted by atomic mass is 10.1. The quantitative estimate of drug-likeness (QED) is 0.500. The number of phenols is 1. The van der Waals surface area contributed by atoms with Crippen LogP contribution in [0.15, 0.2) is 48.5 Å². The zero-order valence-corrected chi connectivity index (χ0v) is 10.8. The first-order valence-electron chi connectivity index (χ1n) is 6.17. The largest absolute Gasteiger partial charge is 0.508 e. The number of rotatable bonds is 4. The fourth-order valence-electron chi connectivity index (χ4n) is 1.90. The van der Waals surface area contributed by atoms with Crippen molar-refractivity contribution < 1.29 is 15.0 Å². The van der Waals surface area contributed by atoms with Gasteiger partial charge in [0.2, 0.25) is 0 Å². The number of hydrogen-bond donors (Lipinski definition) is 4. The van der Waals surface area contributed by atoms with Crippen LogP contribution in [-0.2, 0) is 0 Å². The monoisotopic (exact) mass is 272 g/mol. The Hall–Kier alpha value is -2.53. The van der Waals surface area contributed by atoms with Crippen molar-refractivity contribution in [3.63, 3.8) is 0 Å². The maximum absolute atomic E-state index is 12.1. The molecule has 0 saturated heterocycles. The van der Waals surface area contributed by atoms with Crippen molar-refractivity contribution in [2.24, 2.45) is 0 Å². The van der Waals surface area contributed by atoms with Crippen molar-refractivity contribution >= 4 is 11.6 Å². The number of anilines is 1. The van der Waals surface area contributed by atoms with E-state index >= 15 is 0 Å². The molecule has 2 aromatic carbocycles. The number of aliphatic hydroxyl groups excluding tert-OH is 1. The van der Waals surface area contributed by atoms with Crippen molar-refractivity contribution in [1.82, 2.24) is 5.32 Å². The van der Waals surface area contributed by atoms with Crippen molar-refractivity contribution in [1.29, 1.82) is 0 Å². The molecule has 1 amide bonds. The lowest BCUT2D eigenvalue weighted by Crippen LogP contribution is -2.31. The van der Waals surface area contributed by atoms with Crippen molar-refractivity contribution in [3.8, 4) is 5.75 Å². The van der Waals surface area contributed by atoms with Gasteiger partial charge < -0.3 is 21.3 Å². The summed E-state index contributed by atoms with van der Waals surface area (Å²) < 4.78 is 0. The van der Waals surface area contributed by atoms with Gasteiger partial charge in [0.05, 0.1) is 18.2 Å². The topological polar surface area (TPSA) is 95.6 Å². The molecule has 0 bridgehead atoms. The highest BCUT2D eigenvalue weighted by Crippen LogP contribution is 2.20. The van der Waals surface area contributed by atoms with Crippen LogP contribution in [0.3, 0.4) is 0 Å². The molecule has 0 spiro atoms. The van der Waals surface area contributed by atoms with Crippen molar-refractivity contribution in [2.75, 3.05) is 12.3 Å². The van der Waals surface area contributed by atoms with Crippen LogP contribution in [0.5, 0.6) is 5.75 Å². The summed E-state index contributed by atoms with van der Waals surface area (Å²) in [5, 5.41) is 21.5. The van der Waals surface area contributed by atoms with Gasteiger partial charge in [0.15, 0.2) is 0 Å². The fraction of sp³-hybridized carbons (Fsp3) is 0.133. The molecule has 0 aromatic heterocycles. The summed E-state index contributed by atoms with van der Waals surface area (Å²) >= 11 is 0. The van der Waals surface area contributed by atoms with Gasteiger partial charge in [0, 0.05) is 5.69 Å². The average Bonchev–Trinajstić information content (AvgIpc) is 2.48. The molecule has 0 radical (unpaired) electrons. The summed E-state index contributed by atoms with van der Waals surface area (Å²) in [5.74, 6) is -0.481. The Morgan fingerprint density at radius 2 is 1.90 bits per heavy atom. The fourth-order valence-corrected chi connectivity index (χ4v) is 1.90. The van der Waals surface area contributed by atoms with E-state index in [1.807, 2.05) is 30.3 Å². The predicted octanol–water partition coefficient (Wildman–Crippen LogP) is 1.44. The standard InChI is InChI=1S/C15H16N2O3/c16-13-7-6-11(19)8-12(13)15(20)17-14(9-18)10-4-2-1-3-5-10/h1-8,14,18-19H,9,16H2,(H,17,20)/t14-/m0/s1. The smallest absolute Gasteiger partial charge is 0.254 e. The first-order valence-corrected chi connectivity index (χ1v) is 6.17. The van der Waals surface area contributed by atoms with Crippen LogP contribution in [-0.4, -0.2) is 22.7 Å². The summed E-state index contributed by atoms with van der Waals surface area (Å²) in [6.45, 7) is -0.228. The molecule has 5 N–H and O–H groups in total. The van der Waals surface area contributed by atoms with E-state index < -0.39 is 11.9 Å². The third-order valence-corrected chi connectivity index (χ3v) is 2.97. The number of nitrogen functional groups attached to an aromatic ring is 1. The molecule has 2 rings (SSSR count). The van der Waals surface area contributed by atoms with E-state index in [1.54, 1.807) is 0 Å². The summed E-state index contributed by atoms with van der Waals surface area (Å²) in [5.41, 5.74) is 6.95. The van der Waals surface area contributed by atoms with E-state index in [1.165, 1.54) is 18.2 Å². The van der Waals surface area contributed by atoms with Crippen LogP contribution in [0.2, 0.25) is 0 Å². The first kappa shape index (κ1) is 13.9. The van der Waals surface area contributed by atoms with E-state index in [0.29, 0.717) is 0 Å². The molecule has 0 unspecified atom stereocenters. The van der Waals surface area contributed by atoms with Crippen LogP contribution in [0.25, 0.3) is 0 Å². The van der Waals surface area contributed by atoms with Gasteiger partial charge in [-0.3, -0.25) is 4.79 Å². The van der Waals surface area contributed by atoms with Crippen LogP contribution in [0, 0.1) is 0 Å². The van der Waals surface area contributed by atoms with Gasteiger partial charge in [-0.2, -0.15) is 0 Å². The Morgan fingerprint density at radius 3 is 2.55 bits per heavy atom. The van der Waals surface area contributed by atoms with Gasteiger partial charge in [0.25, 0.3) is 5.91 Å². The van der Waals surface area contributed by atoms with Crippen LogP contribution in [0.1, 0.15) is 22.0 Å². The minimum Gasteiger partial charge on any atom is -0.508 e. The Kier molecular flexibility index (Phi) is 4.22. The summed E-state index contributed by atoms with van der Waals surface area (Å²) in [6, 6.07) is 12.8. The van der Waals surface area contributed by atoms with Crippen LogP contribution < -0.4 is 11.1 Å². The number of benzene rings is 2. The second-order valence-electron chi connectivity index (χ2n) is 4.39. The third-order valence-electron chi connectivity index (χ3n) is 2.97. The number of phenolic OH excluding ortho intramolecular Hbond substituents is 1. The Labute approximate surface area is 116 Å². The highest BCUT2D eigenvalue weighted by molar-refractivity contribution is 5.99. The Bertz CT molecular complexity index is 599. The highest BCUT2D eigenvalue weighted by atomic mass is 16.3. The second-order valence-corrected chi connectivity index (χ2v) is 4.39. The van der Waals surface area contributed by atoms with Crippen molar-refractivity contribution in [2.45, 2.75) is 6.04 Å². The molecule has 0 heterocycles. The summed E-state index contributed by atoms with van der Waals surface area (Å²) in [6.07, 6.45) is 0. The van der Waals surface area contributed by atoms with E-state index in [-0.39, 0.29) is 23.6 Å². The molecule has 0 aliphatic heterocycles. The van der Waals surface area contributed by atoms with Gasteiger partial charge in [-0.15, -0.1) is 0 Å². The molecule has 0 aliphatic carbocycles. The van der Waals surface area contributed by atoms with Gasteiger partial charge in [-0.25, -0.2) is 0 Å². The van der Waals surface area contributed by atoms with E-state index in [2.05, 4.69) is 5.32 Å². The molecule has 5 nitrogen and oxygen atoms in total.